The first-order valence-corrected chi connectivity index (χ1v) is 10.2. The molecule has 5 rings (SSSR count). The van der Waals surface area contributed by atoms with Gasteiger partial charge in [-0.25, -0.2) is 0 Å². The Kier molecular flexibility index (Phi) is 4.37. The molecular formula is C22H19N5OS. The van der Waals surface area contributed by atoms with Gasteiger partial charge in [0, 0.05) is 16.7 Å². The van der Waals surface area contributed by atoms with Gasteiger partial charge in [-0.05, 0) is 35.7 Å². The van der Waals surface area contributed by atoms with Crippen molar-refractivity contribution in [3.63, 3.8) is 0 Å². The van der Waals surface area contributed by atoms with E-state index in [0.29, 0.717) is 17.6 Å². The third kappa shape index (κ3) is 3.19. The quantitative estimate of drug-likeness (QED) is 0.625. The van der Waals surface area contributed by atoms with Gasteiger partial charge >= 0.3 is 0 Å². The summed E-state index contributed by atoms with van der Waals surface area (Å²) in [5.74, 6) is 0.427. The predicted molar refractivity (Wildman–Crippen MR) is 116 cm³/mol. The Balaban J connectivity index is 1.51. The number of benzene rings is 2. The largest absolute Gasteiger partial charge is 0.366 e. The average Bonchev–Trinajstić information content (AvgIpc) is 3.39. The van der Waals surface area contributed by atoms with Gasteiger partial charge in [-0.1, -0.05) is 48.5 Å². The number of allylic oxidation sites excluding steroid dienone is 2. The van der Waals surface area contributed by atoms with E-state index in [1.165, 1.54) is 22.7 Å². The molecule has 0 radical (unpaired) electrons. The summed E-state index contributed by atoms with van der Waals surface area (Å²) >= 11 is 1.37. The van der Waals surface area contributed by atoms with Crippen LogP contribution in [0.2, 0.25) is 0 Å². The minimum Gasteiger partial charge on any atom is -0.366 e. The number of nitrogens with two attached hydrogens (primary N) is 1. The zero-order chi connectivity index (χ0) is 19.8. The smallest absolute Gasteiger partial charge is 0.250 e. The minimum absolute atomic E-state index is 0.177. The van der Waals surface area contributed by atoms with Crippen LogP contribution < -0.4 is 16.4 Å². The molecule has 0 bridgehead atoms. The number of nitrogens with zero attached hydrogens (tertiary/aromatic N) is 2. The molecule has 144 valence electrons. The van der Waals surface area contributed by atoms with E-state index in [0.717, 1.165) is 28.2 Å². The fraction of sp³-hybridized carbons (Fsp3) is 0.136. The molecule has 1 aromatic heterocycles. The molecule has 7 heteroatoms. The Morgan fingerprint density at radius 1 is 1.17 bits per heavy atom. The highest BCUT2D eigenvalue weighted by molar-refractivity contribution is 7.07. The van der Waals surface area contributed by atoms with E-state index in [-0.39, 0.29) is 6.17 Å². The van der Waals surface area contributed by atoms with E-state index in [4.69, 9.17) is 10.7 Å². The number of rotatable bonds is 4. The molecule has 0 saturated heterocycles. The summed E-state index contributed by atoms with van der Waals surface area (Å²) in [5.41, 5.74) is 10.0. The number of hydrogen-bond donors (Lipinski definition) is 3. The maximum Gasteiger partial charge on any atom is 0.250 e. The fourth-order valence-electron chi connectivity index (χ4n) is 3.70. The molecule has 0 fully saturated rings. The molecule has 1 atom stereocenters. The third-order valence-corrected chi connectivity index (χ3v) is 6.05. The second kappa shape index (κ2) is 7.18. The van der Waals surface area contributed by atoms with Gasteiger partial charge in [0.2, 0.25) is 0 Å². The molecule has 2 aliphatic rings. The molecule has 2 heterocycles. The number of aliphatic imine (C=N–C) groups is 1. The van der Waals surface area contributed by atoms with E-state index in [1.54, 1.807) is 6.07 Å². The van der Waals surface area contributed by atoms with E-state index in [1.807, 2.05) is 30.3 Å². The van der Waals surface area contributed by atoms with Crippen molar-refractivity contribution < 1.29 is 4.79 Å². The van der Waals surface area contributed by atoms with Crippen LogP contribution in [-0.4, -0.2) is 16.1 Å². The summed E-state index contributed by atoms with van der Waals surface area (Å²) in [6.07, 6.45) is 4.91. The number of amides is 1. The SMILES string of the molecule is NC(=O)c1cccc2c(C3NC(=NCc4ccccc4)C4=C(C=CC4)N3)snc12. The first-order valence-electron chi connectivity index (χ1n) is 9.40. The van der Waals surface area contributed by atoms with Crippen molar-refractivity contribution >= 4 is 34.2 Å². The van der Waals surface area contributed by atoms with Gasteiger partial charge in [-0.3, -0.25) is 9.79 Å². The highest BCUT2D eigenvalue weighted by Crippen LogP contribution is 2.33. The Morgan fingerprint density at radius 3 is 2.86 bits per heavy atom. The number of nitrogens with one attached hydrogen (secondary N) is 2. The van der Waals surface area contributed by atoms with E-state index < -0.39 is 5.91 Å². The van der Waals surface area contributed by atoms with Crippen LogP contribution in [0.5, 0.6) is 0 Å². The van der Waals surface area contributed by atoms with Crippen LogP contribution in [0.25, 0.3) is 10.9 Å². The molecule has 1 amide bonds. The van der Waals surface area contributed by atoms with Gasteiger partial charge in [0.1, 0.15) is 12.0 Å². The van der Waals surface area contributed by atoms with Crippen LogP contribution in [0.4, 0.5) is 0 Å². The second-order valence-electron chi connectivity index (χ2n) is 6.98. The summed E-state index contributed by atoms with van der Waals surface area (Å²) in [6.45, 7) is 0.613. The summed E-state index contributed by atoms with van der Waals surface area (Å²) < 4.78 is 4.51. The Morgan fingerprint density at radius 2 is 2.03 bits per heavy atom. The first-order chi connectivity index (χ1) is 14.2. The molecule has 6 nitrogen and oxygen atoms in total. The van der Waals surface area contributed by atoms with Crippen LogP contribution >= 0.6 is 11.5 Å². The zero-order valence-corrected chi connectivity index (χ0v) is 16.4. The lowest BCUT2D eigenvalue weighted by Crippen LogP contribution is -2.43. The summed E-state index contributed by atoms with van der Waals surface area (Å²) in [7, 11) is 0. The molecule has 4 N–H and O–H groups in total. The Bertz CT molecular complexity index is 1190. The molecule has 29 heavy (non-hydrogen) atoms. The minimum atomic E-state index is -0.467. The highest BCUT2D eigenvalue weighted by Gasteiger charge is 2.29. The number of hydrogen-bond acceptors (Lipinski definition) is 5. The van der Waals surface area contributed by atoms with Crippen molar-refractivity contribution in [2.45, 2.75) is 19.1 Å². The average molecular weight is 401 g/mol. The van der Waals surface area contributed by atoms with Crippen molar-refractivity contribution in [2.75, 3.05) is 0 Å². The first kappa shape index (κ1) is 17.6. The molecule has 1 aliphatic carbocycles. The van der Waals surface area contributed by atoms with Crippen molar-refractivity contribution in [2.24, 2.45) is 10.7 Å². The molecule has 0 spiro atoms. The van der Waals surface area contributed by atoms with Crippen LogP contribution in [0.3, 0.4) is 0 Å². The van der Waals surface area contributed by atoms with Gasteiger partial charge in [0.25, 0.3) is 5.91 Å². The van der Waals surface area contributed by atoms with Crippen LogP contribution in [-0.2, 0) is 6.54 Å². The second-order valence-corrected chi connectivity index (χ2v) is 7.79. The van der Waals surface area contributed by atoms with Crippen molar-refractivity contribution in [3.8, 4) is 0 Å². The van der Waals surface area contributed by atoms with Crippen LogP contribution in [0.1, 0.15) is 33.4 Å². The van der Waals surface area contributed by atoms with Crippen molar-refractivity contribution in [1.82, 2.24) is 15.0 Å². The van der Waals surface area contributed by atoms with Crippen molar-refractivity contribution in [3.05, 3.63) is 88.0 Å². The number of fused-ring (bicyclic) bond motifs is 1. The standard InChI is InChI=1S/C22H19N5OS/c23-20(28)16-10-4-9-15-18(16)27-29-19(15)22-25-17-11-5-8-14(17)21(26-22)24-12-13-6-2-1-3-7-13/h1-7,9-11,22,25H,8,12H2,(H2,23,28)(H,24,26). The van der Waals surface area contributed by atoms with E-state index in [9.17, 15) is 4.79 Å². The van der Waals surface area contributed by atoms with E-state index in [2.05, 4.69) is 39.3 Å². The molecule has 3 aromatic rings. The highest BCUT2D eigenvalue weighted by atomic mass is 32.1. The Labute approximate surface area is 172 Å². The normalized spacial score (nSPS) is 19.3. The summed E-state index contributed by atoms with van der Waals surface area (Å²) in [4.78, 5) is 17.6. The Hall–Kier alpha value is -3.45. The van der Waals surface area contributed by atoms with Crippen molar-refractivity contribution in [1.29, 1.82) is 0 Å². The van der Waals surface area contributed by atoms with Crippen LogP contribution in [0.15, 0.2) is 76.9 Å². The molecular weight excluding hydrogens is 382 g/mol. The topological polar surface area (TPSA) is 92.4 Å². The fourth-order valence-corrected chi connectivity index (χ4v) is 4.57. The van der Waals surface area contributed by atoms with Gasteiger partial charge < -0.3 is 16.4 Å². The van der Waals surface area contributed by atoms with Crippen LogP contribution in [0, 0.1) is 0 Å². The number of carbonyl (C=O) groups is 1. The molecule has 1 unspecified atom stereocenters. The molecule has 1 aliphatic heterocycles. The lowest BCUT2D eigenvalue weighted by Gasteiger charge is -2.29. The van der Waals surface area contributed by atoms with Gasteiger partial charge in [-0.2, -0.15) is 4.37 Å². The molecule has 0 saturated carbocycles. The predicted octanol–water partition coefficient (Wildman–Crippen LogP) is 3.40. The third-order valence-electron chi connectivity index (χ3n) is 5.13. The number of aromatic nitrogens is 1. The maximum atomic E-state index is 11.7. The maximum absolute atomic E-state index is 11.7. The van der Waals surface area contributed by atoms with Gasteiger partial charge in [0.15, 0.2) is 0 Å². The number of carbonyl (C=O) groups excluding carboxylic acids is 1. The van der Waals surface area contributed by atoms with E-state index >= 15 is 0 Å². The monoisotopic (exact) mass is 401 g/mol. The summed E-state index contributed by atoms with van der Waals surface area (Å²) in [5, 5.41) is 8.00. The lowest BCUT2D eigenvalue weighted by atomic mass is 10.1. The number of amidine groups is 1. The van der Waals surface area contributed by atoms with Gasteiger partial charge in [-0.15, -0.1) is 0 Å². The lowest BCUT2D eigenvalue weighted by molar-refractivity contribution is 0.100. The van der Waals surface area contributed by atoms with Gasteiger partial charge in [0.05, 0.1) is 22.5 Å². The molecule has 2 aromatic carbocycles. The summed E-state index contributed by atoms with van der Waals surface area (Å²) in [6, 6.07) is 15.7. The number of primary amides is 1. The zero-order valence-electron chi connectivity index (χ0n) is 15.6.